The minimum atomic E-state index is -0.284. The molecule has 4 rings (SSSR count). The van der Waals surface area contributed by atoms with Crippen LogP contribution in [0.4, 0.5) is 10.1 Å². The smallest absolute Gasteiger partial charge is 0.131 e. The van der Waals surface area contributed by atoms with E-state index in [0.29, 0.717) is 16.3 Å². The number of pyridine rings is 1. The summed E-state index contributed by atoms with van der Waals surface area (Å²) in [5.74, 6) is -0.284. The van der Waals surface area contributed by atoms with Crippen LogP contribution < -0.4 is 5.73 Å². The van der Waals surface area contributed by atoms with E-state index in [0.717, 1.165) is 27.7 Å². The fourth-order valence-corrected chi connectivity index (χ4v) is 3.12. The molecule has 0 aliphatic carbocycles. The molecule has 122 valence electrons. The quantitative estimate of drug-likeness (QED) is 0.455. The predicted molar refractivity (Wildman–Crippen MR) is 102 cm³/mol. The first-order valence-corrected chi connectivity index (χ1v) is 8.21. The number of benzene rings is 3. The van der Waals surface area contributed by atoms with Crippen LogP contribution in [0.1, 0.15) is 0 Å². The molecule has 25 heavy (non-hydrogen) atoms. The van der Waals surface area contributed by atoms with Gasteiger partial charge in [0.2, 0.25) is 0 Å². The van der Waals surface area contributed by atoms with Crippen molar-refractivity contribution < 1.29 is 4.39 Å². The second kappa shape index (κ2) is 6.19. The van der Waals surface area contributed by atoms with Crippen molar-refractivity contribution in [3.63, 3.8) is 0 Å². The SMILES string of the molecule is Nc1cccc(-c2cc(-c3ccccc3F)c3cc(Cl)ccc3n2)c1. The molecular formula is C21H14ClFN2. The first kappa shape index (κ1) is 15.6. The van der Waals surface area contributed by atoms with Crippen LogP contribution in [-0.4, -0.2) is 4.98 Å². The Morgan fingerprint density at radius 1 is 0.840 bits per heavy atom. The number of nitrogen functional groups attached to an aromatic ring is 1. The van der Waals surface area contributed by atoms with Gasteiger partial charge in [0.25, 0.3) is 0 Å². The van der Waals surface area contributed by atoms with Crippen molar-refractivity contribution >= 4 is 28.2 Å². The van der Waals surface area contributed by atoms with Gasteiger partial charge in [0.05, 0.1) is 11.2 Å². The van der Waals surface area contributed by atoms with Crippen LogP contribution >= 0.6 is 11.6 Å². The van der Waals surface area contributed by atoms with Gasteiger partial charge in [0.1, 0.15) is 5.82 Å². The molecule has 2 nitrogen and oxygen atoms in total. The Morgan fingerprint density at radius 3 is 2.48 bits per heavy atom. The van der Waals surface area contributed by atoms with Crippen LogP contribution in [0.25, 0.3) is 33.3 Å². The number of aromatic nitrogens is 1. The normalized spacial score (nSPS) is 11.0. The van der Waals surface area contributed by atoms with Crippen molar-refractivity contribution in [3.05, 3.63) is 83.6 Å². The first-order chi connectivity index (χ1) is 12.1. The second-order valence-corrected chi connectivity index (χ2v) is 6.26. The maximum atomic E-state index is 14.4. The van der Waals surface area contributed by atoms with Crippen LogP contribution in [0.2, 0.25) is 5.02 Å². The van der Waals surface area contributed by atoms with Crippen molar-refractivity contribution in [2.24, 2.45) is 0 Å². The van der Waals surface area contributed by atoms with Gasteiger partial charge in [0.15, 0.2) is 0 Å². The minimum absolute atomic E-state index is 0.284. The van der Waals surface area contributed by atoms with Crippen LogP contribution in [0.5, 0.6) is 0 Å². The van der Waals surface area contributed by atoms with Crippen LogP contribution in [0, 0.1) is 5.82 Å². The molecule has 0 bridgehead atoms. The van der Waals surface area contributed by atoms with Gasteiger partial charge in [-0.05, 0) is 48.0 Å². The number of hydrogen-bond donors (Lipinski definition) is 1. The molecule has 4 heteroatoms. The Labute approximate surface area is 149 Å². The van der Waals surface area contributed by atoms with Crippen molar-refractivity contribution in [2.75, 3.05) is 5.73 Å². The Bertz CT molecular complexity index is 1090. The number of hydrogen-bond acceptors (Lipinski definition) is 2. The fraction of sp³-hybridized carbons (Fsp3) is 0. The summed E-state index contributed by atoms with van der Waals surface area (Å²) < 4.78 is 14.4. The van der Waals surface area contributed by atoms with Gasteiger partial charge >= 0.3 is 0 Å². The topological polar surface area (TPSA) is 38.9 Å². The van der Waals surface area contributed by atoms with Gasteiger partial charge in [-0.1, -0.05) is 41.9 Å². The molecule has 0 saturated heterocycles. The Hall–Kier alpha value is -2.91. The van der Waals surface area contributed by atoms with Crippen molar-refractivity contribution in [1.82, 2.24) is 4.98 Å². The molecule has 1 aromatic heterocycles. The van der Waals surface area contributed by atoms with E-state index < -0.39 is 0 Å². The van der Waals surface area contributed by atoms with Gasteiger partial charge in [-0.2, -0.15) is 0 Å². The zero-order valence-electron chi connectivity index (χ0n) is 13.2. The molecule has 0 atom stereocenters. The summed E-state index contributed by atoms with van der Waals surface area (Å²) >= 11 is 6.16. The lowest BCUT2D eigenvalue weighted by Crippen LogP contribution is -1.93. The van der Waals surface area contributed by atoms with Gasteiger partial charge in [-0.15, -0.1) is 0 Å². The Kier molecular flexibility index (Phi) is 3.86. The van der Waals surface area contributed by atoms with Gasteiger partial charge < -0.3 is 5.73 Å². The number of nitrogens with two attached hydrogens (primary N) is 1. The van der Waals surface area contributed by atoms with Crippen molar-refractivity contribution in [2.45, 2.75) is 0 Å². The molecule has 0 fully saturated rings. The highest BCUT2D eigenvalue weighted by Crippen LogP contribution is 2.34. The van der Waals surface area contributed by atoms with E-state index in [2.05, 4.69) is 0 Å². The lowest BCUT2D eigenvalue weighted by atomic mass is 9.98. The summed E-state index contributed by atoms with van der Waals surface area (Å²) in [6, 6.07) is 21.5. The van der Waals surface area contributed by atoms with Gasteiger partial charge in [-0.25, -0.2) is 9.37 Å². The molecule has 0 aliphatic rings. The lowest BCUT2D eigenvalue weighted by Gasteiger charge is -2.12. The van der Waals surface area contributed by atoms with Crippen LogP contribution in [0.3, 0.4) is 0 Å². The molecule has 0 amide bonds. The van der Waals surface area contributed by atoms with E-state index in [9.17, 15) is 4.39 Å². The minimum Gasteiger partial charge on any atom is -0.399 e. The zero-order valence-corrected chi connectivity index (χ0v) is 14.0. The van der Waals surface area contributed by atoms with E-state index in [-0.39, 0.29) is 5.82 Å². The van der Waals surface area contributed by atoms with E-state index in [1.165, 1.54) is 6.07 Å². The number of halogens is 2. The zero-order chi connectivity index (χ0) is 17.4. The maximum Gasteiger partial charge on any atom is 0.131 e. The van der Waals surface area contributed by atoms with Crippen LogP contribution in [-0.2, 0) is 0 Å². The molecule has 1 heterocycles. The standard InChI is InChI=1S/C21H14ClFN2/c22-14-8-9-20-18(11-14)17(16-6-1-2-7-19(16)23)12-21(25-20)13-4-3-5-15(24)10-13/h1-12H,24H2. The van der Waals surface area contributed by atoms with E-state index in [1.807, 2.05) is 48.5 Å². The maximum absolute atomic E-state index is 14.4. The summed E-state index contributed by atoms with van der Waals surface area (Å²) in [6.07, 6.45) is 0. The monoisotopic (exact) mass is 348 g/mol. The highest BCUT2D eigenvalue weighted by molar-refractivity contribution is 6.31. The fourth-order valence-electron chi connectivity index (χ4n) is 2.95. The Balaban J connectivity index is 2.05. The van der Waals surface area contributed by atoms with E-state index >= 15 is 0 Å². The van der Waals surface area contributed by atoms with E-state index in [1.54, 1.807) is 18.2 Å². The number of anilines is 1. The number of nitrogens with zero attached hydrogens (tertiary/aromatic N) is 1. The average Bonchev–Trinajstić information content (AvgIpc) is 2.61. The third-order valence-electron chi connectivity index (χ3n) is 4.12. The second-order valence-electron chi connectivity index (χ2n) is 5.82. The number of fused-ring (bicyclic) bond motifs is 1. The van der Waals surface area contributed by atoms with Gasteiger partial charge in [0, 0.05) is 27.2 Å². The van der Waals surface area contributed by atoms with E-state index in [4.69, 9.17) is 22.3 Å². The largest absolute Gasteiger partial charge is 0.399 e. The Morgan fingerprint density at radius 2 is 1.68 bits per heavy atom. The molecule has 0 saturated carbocycles. The molecule has 3 aromatic carbocycles. The third-order valence-corrected chi connectivity index (χ3v) is 4.35. The summed E-state index contributed by atoms with van der Waals surface area (Å²) in [6.45, 7) is 0. The summed E-state index contributed by atoms with van der Waals surface area (Å²) in [5.41, 5.74) is 10.2. The first-order valence-electron chi connectivity index (χ1n) is 7.83. The average molecular weight is 349 g/mol. The summed E-state index contributed by atoms with van der Waals surface area (Å²) in [7, 11) is 0. The number of rotatable bonds is 2. The van der Waals surface area contributed by atoms with Crippen LogP contribution in [0.15, 0.2) is 72.8 Å². The molecule has 0 aliphatic heterocycles. The third kappa shape index (κ3) is 2.94. The molecule has 0 radical (unpaired) electrons. The molecule has 0 spiro atoms. The highest BCUT2D eigenvalue weighted by atomic mass is 35.5. The van der Waals surface area contributed by atoms with Crippen molar-refractivity contribution in [3.8, 4) is 22.4 Å². The summed E-state index contributed by atoms with van der Waals surface area (Å²) in [4.78, 5) is 4.71. The lowest BCUT2D eigenvalue weighted by molar-refractivity contribution is 0.631. The molecule has 4 aromatic rings. The molecule has 2 N–H and O–H groups in total. The van der Waals surface area contributed by atoms with Crippen molar-refractivity contribution in [1.29, 1.82) is 0 Å². The highest BCUT2D eigenvalue weighted by Gasteiger charge is 2.13. The summed E-state index contributed by atoms with van der Waals surface area (Å²) in [5, 5.41) is 1.40. The molecule has 0 unspecified atom stereocenters. The van der Waals surface area contributed by atoms with Gasteiger partial charge in [-0.3, -0.25) is 0 Å². The predicted octanol–water partition coefficient (Wildman–Crippen LogP) is 5.94. The molecular weight excluding hydrogens is 335 g/mol.